The van der Waals surface area contributed by atoms with E-state index in [4.69, 9.17) is 5.73 Å². The van der Waals surface area contributed by atoms with Crippen molar-refractivity contribution in [3.05, 3.63) is 0 Å². The van der Waals surface area contributed by atoms with Crippen molar-refractivity contribution in [1.82, 2.24) is 10.2 Å². The molecule has 1 heterocycles. The van der Waals surface area contributed by atoms with Crippen molar-refractivity contribution in [2.75, 3.05) is 26.7 Å². The third-order valence-corrected chi connectivity index (χ3v) is 3.11. The van der Waals surface area contributed by atoms with Crippen LogP contribution in [0.15, 0.2) is 0 Å². The highest BCUT2D eigenvalue weighted by molar-refractivity contribution is 5.78. The van der Waals surface area contributed by atoms with Gasteiger partial charge < -0.3 is 11.1 Å². The van der Waals surface area contributed by atoms with Gasteiger partial charge in [-0.05, 0) is 19.4 Å². The van der Waals surface area contributed by atoms with Gasteiger partial charge in [0.05, 0.1) is 5.92 Å². The van der Waals surface area contributed by atoms with Crippen molar-refractivity contribution in [3.8, 4) is 0 Å². The molecular weight excluding hydrogens is 235 g/mol. The Kier molecular flexibility index (Phi) is 4.76. The highest BCUT2D eigenvalue weighted by Gasteiger charge is 2.44. The van der Waals surface area contributed by atoms with Crippen molar-refractivity contribution in [3.63, 3.8) is 0 Å². The fourth-order valence-electron chi connectivity index (χ4n) is 2.20. The van der Waals surface area contributed by atoms with Crippen molar-refractivity contribution in [2.45, 2.75) is 25.1 Å². The Morgan fingerprint density at radius 2 is 2.24 bits per heavy atom. The second kappa shape index (κ2) is 5.68. The molecule has 0 aromatic heterocycles. The van der Waals surface area contributed by atoms with E-state index in [9.17, 15) is 18.0 Å². The van der Waals surface area contributed by atoms with E-state index in [0.717, 1.165) is 0 Å². The molecule has 7 heteroatoms. The Bertz CT molecular complexity index is 270. The van der Waals surface area contributed by atoms with Gasteiger partial charge in [0.25, 0.3) is 0 Å². The minimum absolute atomic E-state index is 0.126. The molecule has 0 spiro atoms. The first-order valence-corrected chi connectivity index (χ1v) is 5.62. The lowest BCUT2D eigenvalue weighted by Crippen LogP contribution is -2.55. The van der Waals surface area contributed by atoms with Gasteiger partial charge in [0, 0.05) is 20.1 Å². The van der Waals surface area contributed by atoms with Crippen LogP contribution in [-0.2, 0) is 4.79 Å². The maximum absolute atomic E-state index is 12.7. The van der Waals surface area contributed by atoms with E-state index >= 15 is 0 Å². The average Bonchev–Trinajstić information content (AvgIpc) is 2.27. The molecule has 1 saturated heterocycles. The summed E-state index contributed by atoms with van der Waals surface area (Å²) in [6.45, 7) is -0.000114. The fraction of sp³-hybridized carbons (Fsp3) is 0.900. The molecule has 0 aromatic rings. The summed E-state index contributed by atoms with van der Waals surface area (Å²) >= 11 is 0. The Hall–Kier alpha value is -0.820. The van der Waals surface area contributed by atoms with Crippen molar-refractivity contribution < 1.29 is 18.0 Å². The number of halogens is 3. The minimum atomic E-state index is -4.33. The van der Waals surface area contributed by atoms with Gasteiger partial charge in [-0.2, -0.15) is 13.2 Å². The van der Waals surface area contributed by atoms with Gasteiger partial charge in [0.2, 0.25) is 5.91 Å². The lowest BCUT2D eigenvalue weighted by Gasteiger charge is -2.37. The molecular formula is C10H18F3N3O. The summed E-state index contributed by atoms with van der Waals surface area (Å²) in [5.41, 5.74) is 5.18. The number of piperidine rings is 1. The third-order valence-electron chi connectivity index (χ3n) is 3.11. The molecule has 4 nitrogen and oxygen atoms in total. The summed E-state index contributed by atoms with van der Waals surface area (Å²) < 4.78 is 38.1. The molecule has 0 radical (unpaired) electrons. The standard InChI is InChI=1S/C10H18F3N3O/c1-15-9(17)7-3-2-4-16(6-7)8(5-14)10(11,12)13/h7-8H,2-6,14H2,1H3,(H,15,17)/t7-,8+/m1/s1. The van der Waals surface area contributed by atoms with Crippen molar-refractivity contribution in [1.29, 1.82) is 0 Å². The van der Waals surface area contributed by atoms with Crippen LogP contribution in [0, 0.1) is 5.92 Å². The van der Waals surface area contributed by atoms with Gasteiger partial charge in [-0.1, -0.05) is 0 Å². The van der Waals surface area contributed by atoms with Gasteiger partial charge >= 0.3 is 6.18 Å². The number of nitrogens with two attached hydrogens (primary N) is 1. The van der Waals surface area contributed by atoms with E-state index in [-0.39, 0.29) is 18.4 Å². The number of nitrogens with zero attached hydrogens (tertiary/aromatic N) is 1. The predicted molar refractivity (Wildman–Crippen MR) is 57.3 cm³/mol. The van der Waals surface area contributed by atoms with E-state index in [1.54, 1.807) is 0 Å². The molecule has 100 valence electrons. The number of amides is 1. The summed E-state index contributed by atoms with van der Waals surface area (Å²) in [7, 11) is 1.49. The number of hydrogen-bond donors (Lipinski definition) is 2. The first-order chi connectivity index (χ1) is 7.90. The number of hydrogen-bond acceptors (Lipinski definition) is 3. The van der Waals surface area contributed by atoms with E-state index in [0.29, 0.717) is 19.4 Å². The molecule has 0 unspecified atom stereocenters. The van der Waals surface area contributed by atoms with E-state index in [1.807, 2.05) is 0 Å². The number of rotatable bonds is 3. The van der Waals surface area contributed by atoms with Gasteiger partial charge in [0.1, 0.15) is 6.04 Å². The molecule has 1 fully saturated rings. The quantitative estimate of drug-likeness (QED) is 0.762. The Labute approximate surface area is 98.3 Å². The number of alkyl halides is 3. The molecule has 3 N–H and O–H groups in total. The summed E-state index contributed by atoms with van der Waals surface area (Å²) in [6.07, 6.45) is -3.12. The molecule has 17 heavy (non-hydrogen) atoms. The van der Waals surface area contributed by atoms with Gasteiger partial charge in [-0.15, -0.1) is 0 Å². The molecule has 0 aromatic carbocycles. The normalized spacial score (nSPS) is 24.4. The molecule has 0 bridgehead atoms. The summed E-state index contributed by atoms with van der Waals surface area (Å²) in [5.74, 6) is -0.571. The lowest BCUT2D eigenvalue weighted by atomic mass is 9.95. The van der Waals surface area contributed by atoms with Crippen LogP contribution in [0.1, 0.15) is 12.8 Å². The molecule has 2 atom stereocenters. The van der Waals surface area contributed by atoms with E-state index in [1.165, 1.54) is 11.9 Å². The van der Waals surface area contributed by atoms with Crippen LogP contribution in [-0.4, -0.2) is 49.7 Å². The fourth-order valence-corrected chi connectivity index (χ4v) is 2.20. The monoisotopic (exact) mass is 253 g/mol. The van der Waals surface area contributed by atoms with Crippen LogP contribution >= 0.6 is 0 Å². The molecule has 0 aliphatic carbocycles. The van der Waals surface area contributed by atoms with Gasteiger partial charge in [-0.25, -0.2) is 0 Å². The summed E-state index contributed by atoms with van der Waals surface area (Å²) in [5, 5.41) is 2.47. The molecule has 1 rings (SSSR count). The van der Waals surface area contributed by atoms with Crippen LogP contribution in [0.3, 0.4) is 0 Å². The second-order valence-corrected chi connectivity index (χ2v) is 4.24. The number of carbonyl (C=O) groups excluding carboxylic acids is 1. The van der Waals surface area contributed by atoms with Crippen LogP contribution in [0.25, 0.3) is 0 Å². The number of nitrogens with one attached hydrogen (secondary N) is 1. The smallest absolute Gasteiger partial charge is 0.359 e. The Balaban J connectivity index is 2.68. The average molecular weight is 253 g/mol. The Morgan fingerprint density at radius 1 is 1.59 bits per heavy atom. The zero-order chi connectivity index (χ0) is 13.1. The maximum Gasteiger partial charge on any atom is 0.405 e. The zero-order valence-corrected chi connectivity index (χ0v) is 9.76. The van der Waals surface area contributed by atoms with Crippen LogP contribution < -0.4 is 11.1 Å². The molecule has 1 aliphatic rings. The Morgan fingerprint density at radius 3 is 2.71 bits per heavy atom. The summed E-state index contributed by atoms with van der Waals surface area (Å²) in [6, 6.07) is -1.64. The van der Waals surface area contributed by atoms with Crippen molar-refractivity contribution >= 4 is 5.91 Å². The highest BCUT2D eigenvalue weighted by Crippen LogP contribution is 2.28. The second-order valence-electron chi connectivity index (χ2n) is 4.24. The SMILES string of the molecule is CNC(=O)[C@@H]1CCCN([C@@H](CN)C(F)(F)F)C1. The topological polar surface area (TPSA) is 58.4 Å². The van der Waals surface area contributed by atoms with Gasteiger partial charge in [-0.3, -0.25) is 9.69 Å². The van der Waals surface area contributed by atoms with E-state index < -0.39 is 18.8 Å². The number of carbonyl (C=O) groups is 1. The number of likely N-dealkylation sites (tertiary alicyclic amines) is 1. The summed E-state index contributed by atoms with van der Waals surface area (Å²) in [4.78, 5) is 12.7. The van der Waals surface area contributed by atoms with Crippen LogP contribution in [0.4, 0.5) is 13.2 Å². The maximum atomic E-state index is 12.7. The largest absolute Gasteiger partial charge is 0.405 e. The first-order valence-electron chi connectivity index (χ1n) is 5.62. The van der Waals surface area contributed by atoms with Crippen molar-refractivity contribution in [2.24, 2.45) is 11.7 Å². The first kappa shape index (κ1) is 14.2. The van der Waals surface area contributed by atoms with E-state index in [2.05, 4.69) is 5.32 Å². The van der Waals surface area contributed by atoms with Gasteiger partial charge in [0.15, 0.2) is 0 Å². The molecule has 1 amide bonds. The predicted octanol–water partition coefficient (Wildman–Crippen LogP) is 0.334. The third kappa shape index (κ3) is 3.57. The lowest BCUT2D eigenvalue weighted by molar-refractivity contribution is -0.185. The zero-order valence-electron chi connectivity index (χ0n) is 9.76. The molecule has 0 saturated carbocycles. The minimum Gasteiger partial charge on any atom is -0.359 e. The van der Waals surface area contributed by atoms with Crippen LogP contribution in [0.2, 0.25) is 0 Å². The molecule has 1 aliphatic heterocycles. The highest BCUT2D eigenvalue weighted by atomic mass is 19.4. The van der Waals surface area contributed by atoms with Crippen LogP contribution in [0.5, 0.6) is 0 Å².